The van der Waals surface area contributed by atoms with Crippen LogP contribution >= 0.6 is 0 Å². The standard InChI is InChI=1S/C15H20O3Se/c1-10-12(11-8-6-5-7-9-11)13(16)18-15(19,17-10)14(2,3)4/h5-10,12,19H,1-4H3. The maximum atomic E-state index is 12.4. The van der Waals surface area contributed by atoms with Crippen LogP contribution in [0.3, 0.4) is 0 Å². The molecule has 1 heterocycles. The van der Waals surface area contributed by atoms with Crippen LogP contribution in [-0.4, -0.2) is 32.8 Å². The molecule has 1 fully saturated rings. The van der Waals surface area contributed by atoms with Crippen LogP contribution < -0.4 is 0 Å². The zero-order valence-corrected chi connectivity index (χ0v) is 13.6. The van der Waals surface area contributed by atoms with E-state index >= 15 is 0 Å². The van der Waals surface area contributed by atoms with Gasteiger partial charge in [-0.25, -0.2) is 0 Å². The van der Waals surface area contributed by atoms with Crippen molar-refractivity contribution in [2.24, 2.45) is 5.41 Å². The Bertz CT molecular complexity index is 466. The van der Waals surface area contributed by atoms with Crippen molar-refractivity contribution in [3.05, 3.63) is 35.9 Å². The van der Waals surface area contributed by atoms with Crippen molar-refractivity contribution in [2.45, 2.75) is 44.4 Å². The van der Waals surface area contributed by atoms with Gasteiger partial charge in [0, 0.05) is 0 Å². The second-order valence-electron chi connectivity index (χ2n) is 5.96. The second-order valence-corrected chi connectivity index (χ2v) is 7.20. The van der Waals surface area contributed by atoms with E-state index in [9.17, 15) is 4.79 Å². The molecule has 0 saturated carbocycles. The summed E-state index contributed by atoms with van der Waals surface area (Å²) >= 11 is 2.37. The van der Waals surface area contributed by atoms with E-state index in [2.05, 4.69) is 16.0 Å². The molecule has 3 unspecified atom stereocenters. The molecule has 0 amide bonds. The Balaban J connectivity index is 2.28. The molecule has 0 spiro atoms. The minimum absolute atomic E-state index is 0.217. The summed E-state index contributed by atoms with van der Waals surface area (Å²) in [7, 11) is 0. The van der Waals surface area contributed by atoms with Crippen LogP contribution in [0.5, 0.6) is 0 Å². The van der Waals surface area contributed by atoms with Gasteiger partial charge in [0.15, 0.2) is 0 Å². The molecule has 1 aromatic carbocycles. The Morgan fingerprint density at radius 2 is 1.79 bits per heavy atom. The van der Waals surface area contributed by atoms with Crippen LogP contribution in [0.2, 0.25) is 0 Å². The summed E-state index contributed by atoms with van der Waals surface area (Å²) in [5, 5.41) is 0. The van der Waals surface area contributed by atoms with Gasteiger partial charge in [-0.05, 0) is 0 Å². The van der Waals surface area contributed by atoms with Gasteiger partial charge < -0.3 is 0 Å². The molecule has 104 valence electrons. The van der Waals surface area contributed by atoms with Crippen molar-refractivity contribution < 1.29 is 14.3 Å². The maximum absolute atomic E-state index is 12.4. The fourth-order valence-corrected chi connectivity index (χ4v) is 2.67. The third-order valence-corrected chi connectivity index (χ3v) is 5.23. The Labute approximate surface area is 122 Å². The molecule has 1 saturated heterocycles. The molecule has 2 rings (SSSR count). The Morgan fingerprint density at radius 1 is 1.21 bits per heavy atom. The van der Waals surface area contributed by atoms with E-state index in [0.29, 0.717) is 0 Å². The SMILES string of the molecule is CC1OC([SeH])(C(C)(C)C)OC(=O)C1c1ccccc1. The predicted octanol–water partition coefficient (Wildman–Crippen LogP) is 2.33. The van der Waals surface area contributed by atoms with E-state index in [-0.39, 0.29) is 23.4 Å². The van der Waals surface area contributed by atoms with Gasteiger partial charge in [-0.15, -0.1) is 0 Å². The zero-order valence-electron chi connectivity index (χ0n) is 11.7. The van der Waals surface area contributed by atoms with Crippen LogP contribution in [0.25, 0.3) is 0 Å². The summed E-state index contributed by atoms with van der Waals surface area (Å²) in [5.41, 5.74) is 0.641. The van der Waals surface area contributed by atoms with Crippen molar-refractivity contribution in [3.8, 4) is 0 Å². The molecule has 19 heavy (non-hydrogen) atoms. The average molecular weight is 327 g/mol. The van der Waals surface area contributed by atoms with Crippen molar-refractivity contribution in [3.63, 3.8) is 0 Å². The van der Waals surface area contributed by atoms with Gasteiger partial charge >= 0.3 is 122 Å². The first kappa shape index (κ1) is 14.6. The summed E-state index contributed by atoms with van der Waals surface area (Å²) in [5.74, 6) is -0.582. The van der Waals surface area contributed by atoms with Gasteiger partial charge in [-0.1, -0.05) is 0 Å². The van der Waals surface area contributed by atoms with E-state index in [1.54, 1.807) is 0 Å². The van der Waals surface area contributed by atoms with Crippen molar-refractivity contribution in [2.75, 3.05) is 0 Å². The molecule has 3 nitrogen and oxygen atoms in total. The van der Waals surface area contributed by atoms with E-state index in [4.69, 9.17) is 9.47 Å². The first-order valence-electron chi connectivity index (χ1n) is 6.42. The van der Waals surface area contributed by atoms with Crippen molar-refractivity contribution in [1.82, 2.24) is 0 Å². The van der Waals surface area contributed by atoms with Crippen LogP contribution in [0.15, 0.2) is 30.3 Å². The zero-order chi connectivity index (χ0) is 14.3. The number of cyclic esters (lactones) is 1. The van der Waals surface area contributed by atoms with Crippen LogP contribution in [0.4, 0.5) is 0 Å². The summed E-state index contributed by atoms with van der Waals surface area (Å²) in [6, 6.07) is 9.63. The molecule has 4 heteroatoms. The van der Waals surface area contributed by atoms with E-state index in [1.807, 2.05) is 58.0 Å². The third kappa shape index (κ3) is 2.71. The molecule has 1 aromatic rings. The number of carbonyl (C=O) groups is 1. The first-order chi connectivity index (χ1) is 8.74. The number of hydrogen-bond acceptors (Lipinski definition) is 3. The van der Waals surface area contributed by atoms with Gasteiger partial charge in [-0.2, -0.15) is 0 Å². The van der Waals surface area contributed by atoms with Gasteiger partial charge in [0.05, 0.1) is 0 Å². The Morgan fingerprint density at radius 3 is 2.26 bits per heavy atom. The van der Waals surface area contributed by atoms with E-state index in [0.717, 1.165) is 5.56 Å². The number of benzene rings is 1. The van der Waals surface area contributed by atoms with Crippen molar-refractivity contribution in [1.29, 1.82) is 0 Å². The van der Waals surface area contributed by atoms with Crippen molar-refractivity contribution >= 4 is 22.0 Å². The quantitative estimate of drug-likeness (QED) is 0.587. The number of carbonyl (C=O) groups excluding carboxylic acids is 1. The summed E-state index contributed by atoms with van der Waals surface area (Å²) in [4.78, 5) is 12.4. The number of ether oxygens (including phenoxy) is 2. The average Bonchev–Trinajstić information content (AvgIpc) is 2.27. The molecule has 3 atom stereocenters. The molecule has 0 bridgehead atoms. The van der Waals surface area contributed by atoms with Gasteiger partial charge in [-0.3, -0.25) is 0 Å². The van der Waals surface area contributed by atoms with E-state index < -0.39 is 4.69 Å². The third-order valence-electron chi connectivity index (χ3n) is 3.41. The Hall–Kier alpha value is -0.831. The number of esters is 1. The fraction of sp³-hybridized carbons (Fsp3) is 0.533. The van der Waals surface area contributed by atoms with Gasteiger partial charge in [0.2, 0.25) is 0 Å². The molecule has 0 aliphatic carbocycles. The fourth-order valence-electron chi connectivity index (χ4n) is 2.13. The van der Waals surface area contributed by atoms with Crippen LogP contribution in [0, 0.1) is 5.41 Å². The van der Waals surface area contributed by atoms with Crippen LogP contribution in [-0.2, 0) is 14.3 Å². The summed E-state index contributed by atoms with van der Waals surface area (Å²) < 4.78 is 10.6. The molecular formula is C15H20O3Se. The summed E-state index contributed by atoms with van der Waals surface area (Å²) in [6.45, 7) is 7.91. The molecule has 0 radical (unpaired) electrons. The predicted molar refractivity (Wildman–Crippen MR) is 75.2 cm³/mol. The molecular weight excluding hydrogens is 307 g/mol. The normalized spacial score (nSPS) is 31.9. The van der Waals surface area contributed by atoms with Gasteiger partial charge in [0.25, 0.3) is 0 Å². The van der Waals surface area contributed by atoms with E-state index in [1.165, 1.54) is 0 Å². The van der Waals surface area contributed by atoms with Crippen LogP contribution in [0.1, 0.15) is 39.2 Å². The molecule has 1 aliphatic rings. The summed E-state index contributed by atoms with van der Waals surface area (Å²) in [6.07, 6.45) is -0.217. The molecule has 1 aliphatic heterocycles. The Kier molecular flexibility index (Phi) is 3.78. The number of hydrogen-bond donors (Lipinski definition) is 0. The molecule has 0 aromatic heterocycles. The monoisotopic (exact) mass is 328 g/mol. The van der Waals surface area contributed by atoms with Gasteiger partial charge in [0.1, 0.15) is 0 Å². The topological polar surface area (TPSA) is 35.5 Å². The number of rotatable bonds is 1. The molecule has 0 N–H and O–H groups in total. The first-order valence-corrected chi connectivity index (χ1v) is 7.36. The second kappa shape index (κ2) is 4.93. The minimum atomic E-state index is -0.943.